The Hall–Kier alpha value is -1.88. The van der Waals surface area contributed by atoms with E-state index in [2.05, 4.69) is 4.98 Å². The molecule has 1 N–H and O–H groups in total. The van der Waals surface area contributed by atoms with Gasteiger partial charge in [0.25, 0.3) is 0 Å². The average molecular weight is 248 g/mol. The molecule has 0 aliphatic carbocycles. The van der Waals surface area contributed by atoms with Crippen LogP contribution in [0.5, 0.6) is 0 Å². The van der Waals surface area contributed by atoms with Gasteiger partial charge in [-0.2, -0.15) is 0 Å². The summed E-state index contributed by atoms with van der Waals surface area (Å²) in [5.41, 5.74) is 1.52. The van der Waals surface area contributed by atoms with Gasteiger partial charge in [-0.15, -0.1) is 0 Å². The van der Waals surface area contributed by atoms with Gasteiger partial charge in [0, 0.05) is 0 Å². The highest BCUT2D eigenvalue weighted by Crippen LogP contribution is 2.16. The normalized spacial score (nSPS) is 13.1. The Balaban J connectivity index is 2.15. The Morgan fingerprint density at radius 2 is 2.22 bits per heavy atom. The molecule has 1 aromatic carbocycles. The van der Waals surface area contributed by atoms with Crippen molar-refractivity contribution in [2.24, 2.45) is 0 Å². The maximum absolute atomic E-state index is 11.0. The first-order valence-corrected chi connectivity index (χ1v) is 5.89. The topological polar surface area (TPSA) is 66.6 Å². The van der Waals surface area contributed by atoms with Crippen LogP contribution in [0.2, 0.25) is 0 Å². The largest absolute Gasteiger partial charge is 0.480 e. The molecule has 2 rings (SSSR count). The van der Waals surface area contributed by atoms with Crippen molar-refractivity contribution in [2.45, 2.75) is 25.9 Å². The van der Waals surface area contributed by atoms with Gasteiger partial charge in [0.2, 0.25) is 5.89 Å². The average Bonchev–Trinajstić information content (AvgIpc) is 2.71. The van der Waals surface area contributed by atoms with Crippen LogP contribution in [0.15, 0.2) is 28.7 Å². The smallest absolute Gasteiger partial charge is 0.320 e. The van der Waals surface area contributed by atoms with E-state index < -0.39 is 12.0 Å². The molecule has 0 bridgehead atoms. The fourth-order valence-corrected chi connectivity index (χ4v) is 1.99. The number of benzene rings is 1. The zero-order chi connectivity index (χ0) is 13.1. The molecule has 5 nitrogen and oxygen atoms in total. The van der Waals surface area contributed by atoms with Crippen LogP contribution in [-0.4, -0.2) is 34.0 Å². The molecular weight excluding hydrogens is 232 g/mol. The maximum Gasteiger partial charge on any atom is 0.320 e. The van der Waals surface area contributed by atoms with Crippen LogP contribution in [0.3, 0.4) is 0 Å². The van der Waals surface area contributed by atoms with Crippen LogP contribution in [0.25, 0.3) is 11.1 Å². The Morgan fingerprint density at radius 3 is 2.83 bits per heavy atom. The number of carboxylic acids is 1. The van der Waals surface area contributed by atoms with E-state index in [9.17, 15) is 4.79 Å². The van der Waals surface area contributed by atoms with Crippen molar-refractivity contribution < 1.29 is 14.3 Å². The third-order valence-corrected chi connectivity index (χ3v) is 2.93. The van der Waals surface area contributed by atoms with Gasteiger partial charge in [0.15, 0.2) is 5.58 Å². The molecule has 5 heteroatoms. The molecule has 2 aromatic rings. The molecule has 1 unspecified atom stereocenters. The number of likely N-dealkylation sites (N-methyl/N-ethyl adjacent to an activating group) is 1. The van der Waals surface area contributed by atoms with E-state index in [1.807, 2.05) is 31.2 Å². The summed E-state index contributed by atoms with van der Waals surface area (Å²) in [7, 11) is 1.76. The number of hydrogen-bond donors (Lipinski definition) is 1. The van der Waals surface area contributed by atoms with Gasteiger partial charge >= 0.3 is 5.97 Å². The minimum Gasteiger partial charge on any atom is -0.480 e. The van der Waals surface area contributed by atoms with Crippen LogP contribution in [-0.2, 0) is 11.3 Å². The lowest BCUT2D eigenvalue weighted by atomic mass is 10.2. The third kappa shape index (κ3) is 2.51. The van der Waals surface area contributed by atoms with Crippen molar-refractivity contribution in [3.8, 4) is 0 Å². The summed E-state index contributed by atoms with van der Waals surface area (Å²) in [5, 5.41) is 9.07. The SMILES string of the molecule is CCC(C(=O)O)N(C)Cc1nc2ccccc2o1. The van der Waals surface area contributed by atoms with E-state index in [-0.39, 0.29) is 0 Å². The summed E-state index contributed by atoms with van der Waals surface area (Å²) in [6.45, 7) is 2.24. The Morgan fingerprint density at radius 1 is 1.50 bits per heavy atom. The van der Waals surface area contributed by atoms with E-state index in [1.54, 1.807) is 11.9 Å². The number of rotatable bonds is 5. The summed E-state index contributed by atoms with van der Waals surface area (Å²) < 4.78 is 5.57. The minimum atomic E-state index is -0.823. The summed E-state index contributed by atoms with van der Waals surface area (Å²) in [5.74, 6) is -0.283. The highest BCUT2D eigenvalue weighted by Gasteiger charge is 2.21. The van der Waals surface area contributed by atoms with Crippen LogP contribution in [0.4, 0.5) is 0 Å². The minimum absolute atomic E-state index is 0.388. The summed E-state index contributed by atoms with van der Waals surface area (Å²) in [6, 6.07) is 6.98. The molecule has 1 heterocycles. The lowest BCUT2D eigenvalue weighted by Crippen LogP contribution is -2.37. The highest BCUT2D eigenvalue weighted by atomic mass is 16.4. The second kappa shape index (κ2) is 5.18. The first-order valence-electron chi connectivity index (χ1n) is 5.89. The number of aromatic nitrogens is 1. The second-order valence-corrected chi connectivity index (χ2v) is 4.25. The molecule has 0 amide bonds. The molecule has 0 spiro atoms. The molecule has 0 radical (unpaired) electrons. The van der Waals surface area contributed by atoms with Crippen molar-refractivity contribution in [3.63, 3.8) is 0 Å². The Labute approximate surface area is 105 Å². The van der Waals surface area contributed by atoms with Crippen molar-refractivity contribution in [2.75, 3.05) is 7.05 Å². The molecule has 1 aromatic heterocycles. The molecule has 1 atom stereocenters. The number of fused-ring (bicyclic) bond motifs is 1. The number of aliphatic carboxylic acids is 1. The second-order valence-electron chi connectivity index (χ2n) is 4.25. The van der Waals surface area contributed by atoms with Gasteiger partial charge in [-0.25, -0.2) is 4.98 Å². The van der Waals surface area contributed by atoms with Crippen LogP contribution in [0.1, 0.15) is 19.2 Å². The molecule has 0 saturated carbocycles. The molecule has 0 aliphatic heterocycles. The predicted molar refractivity (Wildman–Crippen MR) is 67.2 cm³/mol. The summed E-state index contributed by atoms with van der Waals surface area (Å²) in [6.07, 6.45) is 0.548. The van der Waals surface area contributed by atoms with Crippen LogP contribution >= 0.6 is 0 Å². The van der Waals surface area contributed by atoms with Crippen molar-refractivity contribution in [1.29, 1.82) is 0 Å². The fourth-order valence-electron chi connectivity index (χ4n) is 1.99. The van der Waals surface area contributed by atoms with E-state index in [4.69, 9.17) is 9.52 Å². The first kappa shape index (κ1) is 12.6. The number of carboxylic acid groups (broad SMARTS) is 1. The molecule has 0 saturated heterocycles. The van der Waals surface area contributed by atoms with E-state index in [0.717, 1.165) is 11.1 Å². The predicted octanol–water partition coefficient (Wildman–Crippen LogP) is 2.12. The molecule has 96 valence electrons. The lowest BCUT2D eigenvalue weighted by Gasteiger charge is -2.21. The number of nitrogens with zero attached hydrogens (tertiary/aromatic N) is 2. The Bertz CT molecular complexity index is 517. The zero-order valence-electron chi connectivity index (χ0n) is 10.5. The van der Waals surface area contributed by atoms with Crippen molar-refractivity contribution >= 4 is 17.1 Å². The van der Waals surface area contributed by atoms with E-state index >= 15 is 0 Å². The van der Waals surface area contributed by atoms with Crippen LogP contribution in [0, 0.1) is 0 Å². The molecule has 18 heavy (non-hydrogen) atoms. The zero-order valence-corrected chi connectivity index (χ0v) is 10.5. The van der Waals surface area contributed by atoms with Crippen molar-refractivity contribution in [3.05, 3.63) is 30.2 Å². The highest BCUT2D eigenvalue weighted by molar-refractivity contribution is 5.73. The monoisotopic (exact) mass is 248 g/mol. The van der Waals surface area contributed by atoms with Gasteiger partial charge in [0.05, 0.1) is 6.54 Å². The van der Waals surface area contributed by atoms with E-state index in [1.165, 1.54) is 0 Å². The standard InChI is InChI=1S/C13H16N2O3/c1-3-10(13(16)17)15(2)8-12-14-9-6-4-5-7-11(9)18-12/h4-7,10H,3,8H2,1-2H3,(H,16,17). The van der Waals surface area contributed by atoms with Crippen LogP contribution < -0.4 is 0 Å². The molecule has 0 aliphatic rings. The van der Waals surface area contributed by atoms with Gasteiger partial charge in [-0.3, -0.25) is 9.69 Å². The van der Waals surface area contributed by atoms with Gasteiger partial charge in [0.1, 0.15) is 11.6 Å². The quantitative estimate of drug-likeness (QED) is 0.877. The fraction of sp³-hybridized carbons (Fsp3) is 0.385. The molecule has 0 fully saturated rings. The summed E-state index contributed by atoms with van der Waals surface area (Å²) >= 11 is 0. The van der Waals surface area contributed by atoms with Gasteiger partial charge in [-0.05, 0) is 25.6 Å². The maximum atomic E-state index is 11.0. The number of hydrogen-bond acceptors (Lipinski definition) is 4. The van der Waals surface area contributed by atoms with E-state index in [0.29, 0.717) is 18.9 Å². The number of para-hydroxylation sites is 2. The van der Waals surface area contributed by atoms with Gasteiger partial charge < -0.3 is 9.52 Å². The summed E-state index contributed by atoms with van der Waals surface area (Å²) in [4.78, 5) is 17.1. The number of carbonyl (C=O) groups is 1. The number of oxazole rings is 1. The Kier molecular flexibility index (Phi) is 3.62. The lowest BCUT2D eigenvalue weighted by molar-refractivity contribution is -0.143. The van der Waals surface area contributed by atoms with Crippen molar-refractivity contribution in [1.82, 2.24) is 9.88 Å². The third-order valence-electron chi connectivity index (χ3n) is 2.93. The first-order chi connectivity index (χ1) is 8.61. The van der Waals surface area contributed by atoms with Gasteiger partial charge in [-0.1, -0.05) is 19.1 Å². The molecular formula is C13H16N2O3.